The van der Waals surface area contributed by atoms with E-state index in [1.165, 1.54) is 12.3 Å². The highest BCUT2D eigenvalue weighted by molar-refractivity contribution is 6.31. The van der Waals surface area contributed by atoms with Gasteiger partial charge in [0.15, 0.2) is 0 Å². The van der Waals surface area contributed by atoms with Gasteiger partial charge in [0.05, 0.1) is 0 Å². The fraction of sp³-hybridized carbons (Fsp3) is 0.278. The summed E-state index contributed by atoms with van der Waals surface area (Å²) in [5, 5.41) is 6.06. The number of nitrogens with one attached hydrogen (secondary N) is 2. The molecule has 1 heterocycles. The maximum atomic E-state index is 12.4. The van der Waals surface area contributed by atoms with Gasteiger partial charge in [-0.05, 0) is 43.2 Å². The van der Waals surface area contributed by atoms with Gasteiger partial charge in [-0.3, -0.25) is 14.6 Å². The third kappa shape index (κ3) is 5.55. The Morgan fingerprint density at radius 1 is 1.20 bits per heavy atom. The van der Waals surface area contributed by atoms with Crippen LogP contribution in [0.25, 0.3) is 0 Å². The maximum Gasteiger partial charge on any atom is 0.269 e. The summed E-state index contributed by atoms with van der Waals surface area (Å²) >= 11 is 6.06. The van der Waals surface area contributed by atoms with Crippen molar-refractivity contribution in [3.05, 3.63) is 58.4 Å². The van der Waals surface area contributed by atoms with Crippen LogP contribution in [0.15, 0.2) is 36.5 Å². The number of nitrogens with zero attached hydrogens (tertiary/aromatic N) is 1. The minimum atomic E-state index is -0.337. The smallest absolute Gasteiger partial charge is 0.269 e. The average molecular weight is 362 g/mol. The van der Waals surface area contributed by atoms with Gasteiger partial charge in [-0.25, -0.2) is 0 Å². The number of aryl methyl sites for hydroxylation is 1. The Morgan fingerprint density at radius 3 is 2.72 bits per heavy atom. The van der Waals surface area contributed by atoms with Crippen LogP contribution in [-0.4, -0.2) is 37.1 Å². The molecule has 0 saturated carbocycles. The van der Waals surface area contributed by atoms with Gasteiger partial charge in [-0.15, -0.1) is 0 Å². The second-order valence-corrected chi connectivity index (χ2v) is 5.86. The molecule has 0 aliphatic rings. The third-order valence-electron chi connectivity index (χ3n) is 3.50. The van der Waals surface area contributed by atoms with Crippen molar-refractivity contribution in [3.63, 3.8) is 0 Å². The maximum absolute atomic E-state index is 12.4. The van der Waals surface area contributed by atoms with E-state index >= 15 is 0 Å². The normalized spacial score (nSPS) is 10.4. The molecular formula is C18H20ClN3O3. The molecule has 1 aromatic heterocycles. The molecule has 0 radical (unpaired) electrons. The number of pyridine rings is 1. The molecule has 132 valence electrons. The van der Waals surface area contributed by atoms with E-state index in [0.29, 0.717) is 35.8 Å². The zero-order valence-electron chi connectivity index (χ0n) is 14.1. The highest BCUT2D eigenvalue weighted by Crippen LogP contribution is 2.20. The van der Waals surface area contributed by atoms with E-state index in [1.54, 1.807) is 25.3 Å². The highest BCUT2D eigenvalue weighted by atomic mass is 35.5. The molecule has 0 aliphatic carbocycles. The lowest BCUT2D eigenvalue weighted by atomic mass is 10.2. The Morgan fingerprint density at radius 2 is 2.00 bits per heavy atom. The Hall–Kier alpha value is -2.44. The van der Waals surface area contributed by atoms with Crippen molar-refractivity contribution in [2.45, 2.75) is 13.3 Å². The van der Waals surface area contributed by atoms with Crippen LogP contribution in [0.1, 0.15) is 32.8 Å². The van der Waals surface area contributed by atoms with Crippen LogP contribution in [0, 0.1) is 6.92 Å². The molecule has 1 aromatic carbocycles. The summed E-state index contributed by atoms with van der Waals surface area (Å²) in [6.45, 7) is 2.93. The van der Waals surface area contributed by atoms with E-state index in [0.717, 1.165) is 5.56 Å². The minimum absolute atomic E-state index is 0.187. The Kier molecular flexibility index (Phi) is 6.91. The molecule has 0 bridgehead atoms. The summed E-state index contributed by atoms with van der Waals surface area (Å²) < 4.78 is 4.92. The van der Waals surface area contributed by atoms with Crippen molar-refractivity contribution in [2.75, 3.05) is 25.6 Å². The van der Waals surface area contributed by atoms with Gasteiger partial charge >= 0.3 is 0 Å². The fourth-order valence-electron chi connectivity index (χ4n) is 2.08. The molecule has 0 saturated heterocycles. The number of anilines is 1. The Balaban J connectivity index is 2.03. The second-order valence-electron chi connectivity index (χ2n) is 5.45. The summed E-state index contributed by atoms with van der Waals surface area (Å²) in [4.78, 5) is 28.4. The first-order chi connectivity index (χ1) is 12.0. The topological polar surface area (TPSA) is 80.3 Å². The van der Waals surface area contributed by atoms with Crippen molar-refractivity contribution in [1.82, 2.24) is 10.3 Å². The third-order valence-corrected chi connectivity index (χ3v) is 3.90. The lowest BCUT2D eigenvalue weighted by Gasteiger charge is -2.08. The lowest BCUT2D eigenvalue weighted by molar-refractivity contribution is 0.0943. The first-order valence-corrected chi connectivity index (χ1v) is 8.19. The van der Waals surface area contributed by atoms with Gasteiger partial charge < -0.3 is 15.4 Å². The fourth-order valence-corrected chi connectivity index (χ4v) is 2.26. The van der Waals surface area contributed by atoms with Gasteiger partial charge in [-0.2, -0.15) is 0 Å². The number of carbonyl (C=O) groups excluding carboxylic acids is 2. The number of carbonyl (C=O) groups is 2. The van der Waals surface area contributed by atoms with Crippen LogP contribution in [0.2, 0.25) is 5.02 Å². The number of methoxy groups -OCH3 is 1. The van der Waals surface area contributed by atoms with E-state index < -0.39 is 0 Å². The van der Waals surface area contributed by atoms with Crippen LogP contribution in [0.3, 0.4) is 0 Å². The van der Waals surface area contributed by atoms with Gasteiger partial charge in [0, 0.05) is 42.7 Å². The number of ether oxygens (including phenoxy) is 1. The van der Waals surface area contributed by atoms with Crippen molar-refractivity contribution < 1.29 is 14.3 Å². The van der Waals surface area contributed by atoms with Crippen LogP contribution in [0.4, 0.5) is 5.69 Å². The van der Waals surface area contributed by atoms with Gasteiger partial charge in [0.1, 0.15) is 5.69 Å². The molecule has 6 nitrogen and oxygen atoms in total. The summed E-state index contributed by atoms with van der Waals surface area (Å²) in [5.74, 6) is -0.667. The van der Waals surface area contributed by atoms with Crippen molar-refractivity contribution in [3.8, 4) is 0 Å². The van der Waals surface area contributed by atoms with E-state index in [-0.39, 0.29) is 17.5 Å². The number of rotatable bonds is 7. The molecule has 0 spiro atoms. The Labute approximate surface area is 151 Å². The van der Waals surface area contributed by atoms with Crippen molar-refractivity contribution in [1.29, 1.82) is 0 Å². The highest BCUT2D eigenvalue weighted by Gasteiger charge is 2.12. The number of benzene rings is 1. The van der Waals surface area contributed by atoms with Crippen LogP contribution in [-0.2, 0) is 4.74 Å². The SMILES string of the molecule is COCCCNC(=O)c1cc(C(=O)Nc2ccc(C)c(Cl)c2)ccn1. The van der Waals surface area contributed by atoms with Crippen molar-refractivity contribution >= 4 is 29.1 Å². The number of aromatic nitrogens is 1. The molecule has 0 fully saturated rings. The van der Waals surface area contributed by atoms with E-state index in [2.05, 4.69) is 15.6 Å². The standard InChI is InChI=1S/C18H20ClN3O3/c1-12-4-5-14(11-15(12)19)22-17(23)13-6-8-20-16(10-13)18(24)21-7-3-9-25-2/h4-6,8,10-11H,3,7,9H2,1-2H3,(H,21,24)(H,22,23). The zero-order chi connectivity index (χ0) is 18.2. The first kappa shape index (κ1) is 18.9. The average Bonchev–Trinajstić information content (AvgIpc) is 2.62. The van der Waals surface area contributed by atoms with Gasteiger partial charge in [0.25, 0.3) is 11.8 Å². The molecule has 0 atom stereocenters. The molecule has 2 amide bonds. The molecule has 25 heavy (non-hydrogen) atoms. The quantitative estimate of drug-likeness (QED) is 0.743. The zero-order valence-corrected chi connectivity index (χ0v) is 14.9. The van der Waals surface area contributed by atoms with Crippen LogP contribution < -0.4 is 10.6 Å². The summed E-state index contributed by atoms with van der Waals surface area (Å²) in [7, 11) is 1.60. The summed E-state index contributed by atoms with van der Waals surface area (Å²) in [5.41, 5.74) is 2.04. The predicted molar refractivity (Wildman–Crippen MR) is 97.2 cm³/mol. The molecule has 2 rings (SSSR count). The molecule has 2 aromatic rings. The monoisotopic (exact) mass is 361 g/mol. The largest absolute Gasteiger partial charge is 0.385 e. The summed E-state index contributed by atoms with van der Waals surface area (Å²) in [6.07, 6.45) is 2.14. The summed E-state index contributed by atoms with van der Waals surface area (Å²) in [6, 6.07) is 8.27. The van der Waals surface area contributed by atoms with E-state index in [1.807, 2.05) is 13.0 Å². The molecule has 2 N–H and O–H groups in total. The number of hydrogen-bond donors (Lipinski definition) is 2. The minimum Gasteiger partial charge on any atom is -0.385 e. The molecular weight excluding hydrogens is 342 g/mol. The van der Waals surface area contributed by atoms with Crippen molar-refractivity contribution in [2.24, 2.45) is 0 Å². The Bertz CT molecular complexity index is 765. The number of halogens is 1. The first-order valence-electron chi connectivity index (χ1n) is 7.82. The van der Waals surface area contributed by atoms with E-state index in [4.69, 9.17) is 16.3 Å². The van der Waals surface area contributed by atoms with Gasteiger partial charge in [0.2, 0.25) is 0 Å². The second kappa shape index (κ2) is 9.15. The van der Waals surface area contributed by atoms with Crippen LogP contribution >= 0.6 is 11.6 Å². The van der Waals surface area contributed by atoms with Crippen LogP contribution in [0.5, 0.6) is 0 Å². The van der Waals surface area contributed by atoms with E-state index in [9.17, 15) is 9.59 Å². The van der Waals surface area contributed by atoms with Gasteiger partial charge in [-0.1, -0.05) is 17.7 Å². The molecule has 7 heteroatoms. The predicted octanol–water partition coefficient (Wildman–Crippen LogP) is 3.06. The molecule has 0 aliphatic heterocycles. The number of amides is 2. The molecule has 0 unspecified atom stereocenters. The lowest BCUT2D eigenvalue weighted by Crippen LogP contribution is -2.26. The number of hydrogen-bond acceptors (Lipinski definition) is 4.